The zero-order valence-electron chi connectivity index (χ0n) is 13.7. The Labute approximate surface area is 135 Å². The van der Waals surface area contributed by atoms with Crippen LogP contribution in [0.2, 0.25) is 0 Å². The zero-order valence-corrected chi connectivity index (χ0v) is 14.5. The van der Waals surface area contributed by atoms with Crippen LogP contribution in [0.3, 0.4) is 0 Å². The summed E-state index contributed by atoms with van der Waals surface area (Å²) in [6.07, 6.45) is 4.80. The summed E-state index contributed by atoms with van der Waals surface area (Å²) in [6.45, 7) is 7.74. The molecule has 0 amide bonds. The first-order valence-electron chi connectivity index (χ1n) is 8.35. The quantitative estimate of drug-likeness (QED) is 0.839. The van der Waals surface area contributed by atoms with E-state index in [2.05, 4.69) is 23.5 Å². The third-order valence-corrected chi connectivity index (χ3v) is 6.02. The minimum atomic E-state index is -3.39. The molecular weight excluding hydrogens is 296 g/mol. The van der Waals surface area contributed by atoms with E-state index in [4.69, 9.17) is 0 Å². The van der Waals surface area contributed by atoms with Crippen molar-refractivity contribution in [3.05, 3.63) is 29.8 Å². The molecule has 1 aliphatic rings. The van der Waals surface area contributed by atoms with E-state index in [0.29, 0.717) is 17.4 Å². The van der Waals surface area contributed by atoms with Crippen LogP contribution in [0.15, 0.2) is 29.2 Å². The van der Waals surface area contributed by atoms with Crippen LogP contribution in [0.4, 0.5) is 0 Å². The number of hydrogen-bond donors (Lipinski definition) is 1. The SMILES string of the molecule is CCC(C)c1ccc(S(=O)(=O)NCCN2CCCCC2)cc1. The number of hydrogen-bond acceptors (Lipinski definition) is 3. The number of benzene rings is 1. The first-order chi connectivity index (χ1) is 10.5. The molecule has 0 aliphatic carbocycles. The van der Waals surface area contributed by atoms with Gasteiger partial charge < -0.3 is 4.90 Å². The van der Waals surface area contributed by atoms with Crippen LogP contribution >= 0.6 is 0 Å². The van der Waals surface area contributed by atoms with Crippen molar-refractivity contribution in [2.45, 2.75) is 50.3 Å². The molecule has 4 nitrogen and oxygen atoms in total. The largest absolute Gasteiger partial charge is 0.302 e. The number of sulfonamides is 1. The van der Waals surface area contributed by atoms with Crippen molar-refractivity contribution in [2.75, 3.05) is 26.2 Å². The first-order valence-corrected chi connectivity index (χ1v) is 9.83. The zero-order chi connectivity index (χ0) is 16.0. The van der Waals surface area contributed by atoms with Crippen molar-refractivity contribution in [1.29, 1.82) is 0 Å². The normalized spacial score (nSPS) is 18.3. The predicted molar refractivity (Wildman–Crippen MR) is 90.6 cm³/mol. The molecule has 1 atom stereocenters. The Balaban J connectivity index is 1.89. The molecule has 2 rings (SSSR count). The highest BCUT2D eigenvalue weighted by molar-refractivity contribution is 7.89. The highest BCUT2D eigenvalue weighted by atomic mass is 32.2. The van der Waals surface area contributed by atoms with Gasteiger partial charge in [0.1, 0.15) is 0 Å². The van der Waals surface area contributed by atoms with Crippen LogP contribution < -0.4 is 4.72 Å². The highest BCUT2D eigenvalue weighted by Gasteiger charge is 2.15. The van der Waals surface area contributed by atoms with Crippen LogP contribution in [0, 0.1) is 0 Å². The molecule has 1 N–H and O–H groups in total. The molecule has 1 saturated heterocycles. The molecule has 1 aliphatic heterocycles. The summed E-state index contributed by atoms with van der Waals surface area (Å²) in [5.41, 5.74) is 1.19. The van der Waals surface area contributed by atoms with E-state index in [9.17, 15) is 8.42 Å². The maximum atomic E-state index is 12.3. The molecule has 1 heterocycles. The summed E-state index contributed by atoms with van der Waals surface area (Å²) < 4.78 is 27.3. The molecule has 1 unspecified atom stereocenters. The maximum absolute atomic E-state index is 12.3. The Morgan fingerprint density at radius 2 is 1.77 bits per heavy atom. The Morgan fingerprint density at radius 3 is 2.36 bits per heavy atom. The van der Waals surface area contributed by atoms with E-state index in [0.717, 1.165) is 26.1 Å². The Morgan fingerprint density at radius 1 is 1.14 bits per heavy atom. The molecule has 1 aromatic carbocycles. The van der Waals surface area contributed by atoms with Crippen molar-refractivity contribution < 1.29 is 8.42 Å². The molecular formula is C17H28N2O2S. The van der Waals surface area contributed by atoms with Gasteiger partial charge in [0.15, 0.2) is 0 Å². The lowest BCUT2D eigenvalue weighted by Crippen LogP contribution is -2.37. The summed E-state index contributed by atoms with van der Waals surface area (Å²) in [6, 6.07) is 7.27. The fourth-order valence-corrected chi connectivity index (χ4v) is 3.84. The maximum Gasteiger partial charge on any atom is 0.240 e. The van der Waals surface area contributed by atoms with Crippen LogP contribution in [-0.2, 0) is 10.0 Å². The van der Waals surface area contributed by atoms with Gasteiger partial charge in [-0.25, -0.2) is 13.1 Å². The van der Waals surface area contributed by atoms with Gasteiger partial charge in [-0.15, -0.1) is 0 Å². The van der Waals surface area contributed by atoms with Gasteiger partial charge in [-0.1, -0.05) is 32.4 Å². The molecule has 0 spiro atoms. The number of rotatable bonds is 7. The van der Waals surface area contributed by atoms with Crippen LogP contribution in [0.1, 0.15) is 51.0 Å². The van der Waals surface area contributed by atoms with Crippen molar-refractivity contribution >= 4 is 10.0 Å². The summed E-state index contributed by atoms with van der Waals surface area (Å²) in [4.78, 5) is 2.69. The summed E-state index contributed by atoms with van der Waals surface area (Å²) >= 11 is 0. The van der Waals surface area contributed by atoms with E-state index in [1.807, 2.05) is 12.1 Å². The van der Waals surface area contributed by atoms with Crippen molar-refractivity contribution in [3.63, 3.8) is 0 Å². The van der Waals surface area contributed by atoms with Gasteiger partial charge in [0.2, 0.25) is 10.0 Å². The Bertz CT molecular complexity index is 549. The number of likely N-dealkylation sites (tertiary alicyclic amines) is 1. The van der Waals surface area contributed by atoms with E-state index >= 15 is 0 Å². The van der Waals surface area contributed by atoms with Crippen LogP contribution in [-0.4, -0.2) is 39.5 Å². The van der Waals surface area contributed by atoms with E-state index in [1.54, 1.807) is 12.1 Å². The summed E-state index contributed by atoms with van der Waals surface area (Å²) in [5.74, 6) is 0.462. The summed E-state index contributed by atoms with van der Waals surface area (Å²) in [7, 11) is -3.39. The Kier molecular flexibility index (Phi) is 6.41. The molecule has 0 radical (unpaired) electrons. The monoisotopic (exact) mass is 324 g/mol. The second-order valence-corrected chi connectivity index (χ2v) is 7.95. The molecule has 1 aromatic rings. The Hall–Kier alpha value is -0.910. The van der Waals surface area contributed by atoms with E-state index in [1.165, 1.54) is 24.8 Å². The molecule has 0 saturated carbocycles. The average molecular weight is 324 g/mol. The van der Waals surface area contributed by atoms with Gasteiger partial charge in [0.25, 0.3) is 0 Å². The van der Waals surface area contributed by atoms with Gasteiger partial charge in [-0.05, 0) is 56.0 Å². The number of nitrogens with zero attached hydrogens (tertiary/aromatic N) is 1. The second kappa shape index (κ2) is 8.09. The van der Waals surface area contributed by atoms with Gasteiger partial charge in [0.05, 0.1) is 4.90 Å². The lowest BCUT2D eigenvalue weighted by Gasteiger charge is -2.26. The third-order valence-electron chi connectivity index (χ3n) is 4.54. The van der Waals surface area contributed by atoms with Gasteiger partial charge in [0, 0.05) is 13.1 Å². The van der Waals surface area contributed by atoms with Crippen LogP contribution in [0.5, 0.6) is 0 Å². The fourth-order valence-electron chi connectivity index (χ4n) is 2.82. The molecule has 124 valence electrons. The molecule has 1 fully saturated rings. The minimum Gasteiger partial charge on any atom is -0.302 e. The van der Waals surface area contributed by atoms with Gasteiger partial charge in [-0.2, -0.15) is 0 Å². The molecule has 22 heavy (non-hydrogen) atoms. The van der Waals surface area contributed by atoms with E-state index in [-0.39, 0.29) is 0 Å². The smallest absolute Gasteiger partial charge is 0.240 e. The van der Waals surface area contributed by atoms with Gasteiger partial charge in [-0.3, -0.25) is 0 Å². The fraction of sp³-hybridized carbons (Fsp3) is 0.647. The number of nitrogens with one attached hydrogen (secondary N) is 1. The van der Waals surface area contributed by atoms with Gasteiger partial charge >= 0.3 is 0 Å². The summed E-state index contributed by atoms with van der Waals surface area (Å²) in [5, 5.41) is 0. The topological polar surface area (TPSA) is 49.4 Å². The highest BCUT2D eigenvalue weighted by Crippen LogP contribution is 2.20. The lowest BCUT2D eigenvalue weighted by molar-refractivity contribution is 0.233. The van der Waals surface area contributed by atoms with Crippen molar-refractivity contribution in [3.8, 4) is 0 Å². The standard InChI is InChI=1S/C17H28N2O2S/c1-3-15(2)16-7-9-17(10-8-16)22(20,21)18-11-14-19-12-5-4-6-13-19/h7-10,15,18H,3-6,11-14H2,1-2H3. The molecule has 0 aromatic heterocycles. The predicted octanol–water partition coefficient (Wildman–Crippen LogP) is 2.96. The third kappa shape index (κ3) is 4.80. The lowest BCUT2D eigenvalue weighted by atomic mass is 9.99. The van der Waals surface area contributed by atoms with Crippen molar-refractivity contribution in [2.24, 2.45) is 0 Å². The second-order valence-electron chi connectivity index (χ2n) is 6.18. The molecule has 5 heteroatoms. The molecule has 0 bridgehead atoms. The average Bonchev–Trinajstić information content (AvgIpc) is 2.55. The van der Waals surface area contributed by atoms with E-state index < -0.39 is 10.0 Å². The first kappa shape index (κ1) is 17.4. The number of piperidine rings is 1. The minimum absolute atomic E-state index is 0.359. The van der Waals surface area contributed by atoms with Crippen molar-refractivity contribution in [1.82, 2.24) is 9.62 Å². The van der Waals surface area contributed by atoms with Crippen LogP contribution in [0.25, 0.3) is 0 Å².